The summed E-state index contributed by atoms with van der Waals surface area (Å²) in [6.45, 7) is 1.48. The number of benzene rings is 3. The third kappa shape index (κ3) is 2.81. The summed E-state index contributed by atoms with van der Waals surface area (Å²) in [7, 11) is 2.14. The van der Waals surface area contributed by atoms with Crippen molar-refractivity contribution < 1.29 is 4.74 Å². The van der Waals surface area contributed by atoms with E-state index in [9.17, 15) is 0 Å². The number of hydrogen-bond donors (Lipinski definition) is 0. The first-order valence-corrected chi connectivity index (χ1v) is 8.38. The molecule has 1 atom stereocenters. The van der Waals surface area contributed by atoms with Gasteiger partial charge in [0.1, 0.15) is 6.10 Å². The van der Waals surface area contributed by atoms with Crippen LogP contribution in [0.4, 0.5) is 5.69 Å². The molecule has 1 unspecified atom stereocenters. The SMILES string of the molecule is CN1CC(OCc2ccccc2)c2ccccc2-c2ccccc21. The van der Waals surface area contributed by atoms with Crippen molar-refractivity contribution in [2.45, 2.75) is 12.7 Å². The van der Waals surface area contributed by atoms with Crippen LogP contribution in [-0.4, -0.2) is 13.6 Å². The van der Waals surface area contributed by atoms with Crippen molar-refractivity contribution in [3.63, 3.8) is 0 Å². The van der Waals surface area contributed by atoms with Gasteiger partial charge in [0.15, 0.2) is 0 Å². The van der Waals surface area contributed by atoms with Crippen LogP contribution in [0.5, 0.6) is 0 Å². The maximum absolute atomic E-state index is 6.34. The van der Waals surface area contributed by atoms with Gasteiger partial charge in [0.05, 0.1) is 6.61 Å². The molecule has 0 aromatic heterocycles. The molecule has 0 bridgehead atoms. The fraction of sp³-hybridized carbons (Fsp3) is 0.182. The quantitative estimate of drug-likeness (QED) is 0.670. The van der Waals surface area contributed by atoms with E-state index in [0.717, 1.165) is 6.54 Å². The molecule has 0 fully saturated rings. The summed E-state index contributed by atoms with van der Waals surface area (Å²) in [5.74, 6) is 0. The maximum atomic E-state index is 6.34. The number of hydrogen-bond acceptors (Lipinski definition) is 2. The van der Waals surface area contributed by atoms with Crippen molar-refractivity contribution in [3.05, 3.63) is 90.0 Å². The van der Waals surface area contributed by atoms with Crippen LogP contribution in [0.2, 0.25) is 0 Å². The molecule has 1 aliphatic rings. The average Bonchev–Trinajstić information content (AvgIpc) is 2.77. The van der Waals surface area contributed by atoms with E-state index in [-0.39, 0.29) is 6.10 Å². The molecule has 2 nitrogen and oxygen atoms in total. The molecule has 0 saturated heterocycles. The van der Waals surface area contributed by atoms with Gasteiger partial charge in [-0.3, -0.25) is 0 Å². The van der Waals surface area contributed by atoms with E-state index in [2.05, 4.69) is 84.7 Å². The summed E-state index contributed by atoms with van der Waals surface area (Å²) in [5, 5.41) is 0. The molecule has 0 N–H and O–H groups in total. The molecule has 120 valence electrons. The van der Waals surface area contributed by atoms with Crippen molar-refractivity contribution in [1.29, 1.82) is 0 Å². The molecule has 0 saturated carbocycles. The molecule has 24 heavy (non-hydrogen) atoms. The Morgan fingerprint density at radius 1 is 0.833 bits per heavy atom. The zero-order valence-electron chi connectivity index (χ0n) is 13.9. The third-order valence-corrected chi connectivity index (χ3v) is 4.65. The molecular weight excluding hydrogens is 294 g/mol. The van der Waals surface area contributed by atoms with Gasteiger partial charge in [-0.05, 0) is 22.8 Å². The minimum absolute atomic E-state index is 0.0545. The first-order valence-electron chi connectivity index (χ1n) is 8.38. The lowest BCUT2D eigenvalue weighted by Gasteiger charge is -2.24. The Balaban J connectivity index is 1.69. The summed E-state index contributed by atoms with van der Waals surface area (Å²) >= 11 is 0. The predicted octanol–water partition coefficient (Wildman–Crippen LogP) is 5.06. The number of rotatable bonds is 3. The monoisotopic (exact) mass is 315 g/mol. The Bertz CT molecular complexity index is 828. The van der Waals surface area contributed by atoms with Crippen LogP contribution in [0.15, 0.2) is 78.9 Å². The molecule has 0 radical (unpaired) electrons. The van der Waals surface area contributed by atoms with Crippen molar-refractivity contribution in [2.75, 3.05) is 18.5 Å². The second-order valence-corrected chi connectivity index (χ2v) is 6.27. The molecule has 0 amide bonds. The average molecular weight is 315 g/mol. The molecule has 3 aromatic rings. The van der Waals surface area contributed by atoms with Crippen molar-refractivity contribution in [1.82, 2.24) is 0 Å². The molecule has 4 rings (SSSR count). The van der Waals surface area contributed by atoms with Gasteiger partial charge >= 0.3 is 0 Å². The van der Waals surface area contributed by atoms with E-state index in [1.807, 2.05) is 6.07 Å². The van der Waals surface area contributed by atoms with Gasteiger partial charge in [-0.2, -0.15) is 0 Å². The van der Waals surface area contributed by atoms with Crippen LogP contribution in [-0.2, 0) is 11.3 Å². The molecular formula is C22H21NO. The van der Waals surface area contributed by atoms with E-state index in [1.165, 1.54) is 27.9 Å². The largest absolute Gasteiger partial charge is 0.371 e. The predicted molar refractivity (Wildman–Crippen MR) is 99.1 cm³/mol. The first kappa shape index (κ1) is 15.0. The van der Waals surface area contributed by atoms with E-state index in [4.69, 9.17) is 4.74 Å². The van der Waals surface area contributed by atoms with Crippen LogP contribution in [0.1, 0.15) is 17.2 Å². The van der Waals surface area contributed by atoms with Gasteiger partial charge in [0.2, 0.25) is 0 Å². The molecule has 1 heterocycles. The summed E-state index contributed by atoms with van der Waals surface area (Å²) in [6, 6.07) is 27.6. The highest BCUT2D eigenvalue weighted by Gasteiger charge is 2.25. The highest BCUT2D eigenvalue weighted by molar-refractivity contribution is 5.82. The Morgan fingerprint density at radius 3 is 2.33 bits per heavy atom. The molecule has 0 aliphatic carbocycles. The number of ether oxygens (including phenoxy) is 1. The normalized spacial score (nSPS) is 16.2. The Labute approximate surface area is 143 Å². The number of anilines is 1. The van der Waals surface area contributed by atoms with Gasteiger partial charge < -0.3 is 9.64 Å². The zero-order chi connectivity index (χ0) is 16.4. The first-order chi connectivity index (χ1) is 11.8. The number of likely N-dealkylation sites (N-methyl/N-ethyl adjacent to an activating group) is 1. The summed E-state index contributed by atoms with van der Waals surface area (Å²) in [6.07, 6.45) is 0.0545. The summed E-state index contributed by atoms with van der Waals surface area (Å²) in [4.78, 5) is 2.30. The second kappa shape index (κ2) is 6.50. The van der Waals surface area contributed by atoms with Gasteiger partial charge in [-0.25, -0.2) is 0 Å². The van der Waals surface area contributed by atoms with Crippen LogP contribution >= 0.6 is 0 Å². The lowest BCUT2D eigenvalue weighted by molar-refractivity contribution is 0.0457. The van der Waals surface area contributed by atoms with Crippen molar-refractivity contribution in [2.24, 2.45) is 0 Å². The van der Waals surface area contributed by atoms with Gasteiger partial charge in [-0.1, -0.05) is 72.8 Å². The Morgan fingerprint density at radius 2 is 1.50 bits per heavy atom. The minimum atomic E-state index is 0.0545. The number of fused-ring (bicyclic) bond motifs is 3. The van der Waals surface area contributed by atoms with E-state index >= 15 is 0 Å². The van der Waals surface area contributed by atoms with E-state index < -0.39 is 0 Å². The topological polar surface area (TPSA) is 12.5 Å². The van der Waals surface area contributed by atoms with Crippen LogP contribution in [0.3, 0.4) is 0 Å². The Kier molecular flexibility index (Phi) is 4.06. The maximum Gasteiger partial charge on any atom is 0.101 e. The number of nitrogens with zero attached hydrogens (tertiary/aromatic N) is 1. The lowest BCUT2D eigenvalue weighted by Crippen LogP contribution is -2.24. The second-order valence-electron chi connectivity index (χ2n) is 6.27. The fourth-order valence-corrected chi connectivity index (χ4v) is 3.42. The van der Waals surface area contributed by atoms with Gasteiger partial charge in [0, 0.05) is 24.8 Å². The van der Waals surface area contributed by atoms with Crippen LogP contribution in [0.25, 0.3) is 11.1 Å². The summed E-state index contributed by atoms with van der Waals surface area (Å²) in [5.41, 5.74) is 6.29. The third-order valence-electron chi connectivity index (χ3n) is 4.65. The Hall–Kier alpha value is -2.58. The molecule has 0 spiro atoms. The number of para-hydroxylation sites is 1. The standard InChI is InChI=1S/C22H21NO/c1-23-15-22(24-16-17-9-3-2-4-10-17)20-13-6-5-11-18(20)19-12-7-8-14-21(19)23/h2-14,22H,15-16H2,1H3. The van der Waals surface area contributed by atoms with Crippen molar-refractivity contribution in [3.8, 4) is 11.1 Å². The highest BCUT2D eigenvalue weighted by atomic mass is 16.5. The highest BCUT2D eigenvalue weighted by Crippen LogP contribution is 2.40. The van der Waals surface area contributed by atoms with Gasteiger partial charge in [0.25, 0.3) is 0 Å². The fourth-order valence-electron chi connectivity index (χ4n) is 3.42. The van der Waals surface area contributed by atoms with Gasteiger partial charge in [-0.15, -0.1) is 0 Å². The smallest absolute Gasteiger partial charge is 0.101 e. The molecule has 1 aliphatic heterocycles. The van der Waals surface area contributed by atoms with E-state index in [0.29, 0.717) is 6.61 Å². The van der Waals surface area contributed by atoms with E-state index in [1.54, 1.807) is 0 Å². The van der Waals surface area contributed by atoms with Crippen LogP contribution < -0.4 is 4.90 Å². The molecule has 3 aromatic carbocycles. The lowest BCUT2D eigenvalue weighted by atomic mass is 9.97. The molecule has 2 heteroatoms. The van der Waals surface area contributed by atoms with Crippen LogP contribution in [0, 0.1) is 0 Å². The van der Waals surface area contributed by atoms with Crippen molar-refractivity contribution >= 4 is 5.69 Å². The summed E-state index contributed by atoms with van der Waals surface area (Å²) < 4.78 is 6.34. The zero-order valence-corrected chi connectivity index (χ0v) is 13.9. The minimum Gasteiger partial charge on any atom is -0.371 e.